The summed E-state index contributed by atoms with van der Waals surface area (Å²) in [6, 6.07) is 20.2. The highest BCUT2D eigenvalue weighted by Gasteiger charge is 2.15. The number of amides is 1. The number of hydrogen-bond acceptors (Lipinski definition) is 4. The Morgan fingerprint density at radius 3 is 2.39 bits per heavy atom. The van der Waals surface area contributed by atoms with E-state index in [1.165, 1.54) is 0 Å². The Morgan fingerprint density at radius 2 is 1.75 bits per heavy atom. The third-order valence-electron chi connectivity index (χ3n) is 4.10. The van der Waals surface area contributed by atoms with Gasteiger partial charge in [-0.3, -0.25) is 4.79 Å². The highest BCUT2D eigenvalue weighted by Crippen LogP contribution is 2.20. The van der Waals surface area contributed by atoms with Crippen LogP contribution in [-0.4, -0.2) is 25.7 Å². The van der Waals surface area contributed by atoms with E-state index in [1.807, 2.05) is 67.6 Å². The summed E-state index contributed by atoms with van der Waals surface area (Å²) in [7, 11) is 1.62. The fraction of sp³-hybridized carbons (Fsp3) is 0.174. The van der Waals surface area contributed by atoms with Gasteiger partial charge in [0, 0.05) is 0 Å². The molecule has 0 saturated carbocycles. The molecule has 1 amide bonds. The molecule has 0 aliphatic carbocycles. The van der Waals surface area contributed by atoms with Crippen LogP contribution in [0.1, 0.15) is 18.2 Å². The largest absolute Gasteiger partial charge is 0.497 e. The van der Waals surface area contributed by atoms with Crippen molar-refractivity contribution in [1.82, 2.24) is 5.32 Å². The second kappa shape index (κ2) is 9.46. The van der Waals surface area contributed by atoms with Gasteiger partial charge in [0.15, 0.2) is 0 Å². The zero-order valence-corrected chi connectivity index (χ0v) is 15.9. The number of furan rings is 1. The molecule has 0 bridgehead atoms. The number of hydrogen-bond donors (Lipinski definition) is 1. The SMILES string of the molecule is COc1ccc(OC[C@H](C)NC(=O)/C(=C/c2ccco2)c2ccccc2)cc1. The Bertz CT molecular complexity index is 900. The molecule has 5 heteroatoms. The molecule has 1 N–H and O–H groups in total. The summed E-state index contributed by atoms with van der Waals surface area (Å²) in [6.07, 6.45) is 3.32. The summed E-state index contributed by atoms with van der Waals surface area (Å²) < 4.78 is 16.3. The molecule has 5 nitrogen and oxygen atoms in total. The number of nitrogens with one attached hydrogen (secondary N) is 1. The van der Waals surface area contributed by atoms with Gasteiger partial charge in [-0.2, -0.15) is 0 Å². The molecule has 0 saturated heterocycles. The van der Waals surface area contributed by atoms with Crippen molar-refractivity contribution < 1.29 is 18.7 Å². The number of methoxy groups -OCH3 is 1. The first kappa shape index (κ1) is 19.3. The molecule has 3 aromatic rings. The van der Waals surface area contributed by atoms with Gasteiger partial charge < -0.3 is 19.2 Å². The lowest BCUT2D eigenvalue weighted by Crippen LogP contribution is -2.37. The monoisotopic (exact) mass is 377 g/mol. The van der Waals surface area contributed by atoms with E-state index in [4.69, 9.17) is 13.9 Å². The molecule has 144 valence electrons. The predicted octanol–water partition coefficient (Wildman–Crippen LogP) is 4.41. The molecule has 0 aliphatic heterocycles. The van der Waals surface area contributed by atoms with Crippen LogP contribution in [0.3, 0.4) is 0 Å². The minimum absolute atomic E-state index is 0.182. The topological polar surface area (TPSA) is 60.7 Å². The van der Waals surface area contributed by atoms with Gasteiger partial charge >= 0.3 is 0 Å². The van der Waals surface area contributed by atoms with E-state index in [2.05, 4.69) is 5.32 Å². The van der Waals surface area contributed by atoms with Crippen LogP contribution in [-0.2, 0) is 4.79 Å². The van der Waals surface area contributed by atoms with Crippen molar-refractivity contribution in [3.63, 3.8) is 0 Å². The molecule has 3 rings (SSSR count). The normalized spacial score (nSPS) is 12.3. The fourth-order valence-corrected chi connectivity index (χ4v) is 2.65. The van der Waals surface area contributed by atoms with Gasteiger partial charge in [-0.05, 0) is 55.0 Å². The average molecular weight is 377 g/mol. The summed E-state index contributed by atoms with van der Waals surface area (Å²) in [6.45, 7) is 2.25. The molecule has 0 fully saturated rings. The first-order chi connectivity index (χ1) is 13.7. The maximum Gasteiger partial charge on any atom is 0.252 e. The number of benzene rings is 2. The van der Waals surface area contributed by atoms with E-state index in [9.17, 15) is 4.79 Å². The van der Waals surface area contributed by atoms with Gasteiger partial charge in [-0.25, -0.2) is 0 Å². The summed E-state index contributed by atoms with van der Waals surface area (Å²) >= 11 is 0. The number of rotatable bonds is 8. The first-order valence-corrected chi connectivity index (χ1v) is 9.04. The fourth-order valence-electron chi connectivity index (χ4n) is 2.65. The maximum absolute atomic E-state index is 12.9. The third kappa shape index (κ3) is 5.27. The van der Waals surface area contributed by atoms with Gasteiger partial charge in [0.2, 0.25) is 0 Å². The van der Waals surface area contributed by atoms with Crippen LogP contribution < -0.4 is 14.8 Å². The predicted molar refractivity (Wildman–Crippen MR) is 109 cm³/mol. The van der Waals surface area contributed by atoms with E-state index in [0.29, 0.717) is 17.9 Å². The Hall–Kier alpha value is -3.47. The standard InChI is InChI=1S/C23H23NO4/c1-17(16-28-20-12-10-19(26-2)11-13-20)24-23(25)22(15-21-9-6-14-27-21)18-7-4-3-5-8-18/h3-15,17H,16H2,1-2H3,(H,24,25)/b22-15+/t17-/m0/s1. The average Bonchev–Trinajstić information content (AvgIpc) is 3.25. The van der Waals surface area contributed by atoms with Gasteiger partial charge in [-0.1, -0.05) is 30.3 Å². The summed E-state index contributed by atoms with van der Waals surface area (Å²) in [5.74, 6) is 1.92. The van der Waals surface area contributed by atoms with Crippen molar-refractivity contribution in [3.05, 3.63) is 84.3 Å². The van der Waals surface area contributed by atoms with E-state index in [0.717, 1.165) is 17.1 Å². The molecule has 0 radical (unpaired) electrons. The highest BCUT2D eigenvalue weighted by molar-refractivity contribution is 6.24. The number of carbonyl (C=O) groups is 1. The Labute approximate surface area is 164 Å². The Kier molecular flexibility index (Phi) is 6.52. The molecule has 1 heterocycles. The van der Waals surface area contributed by atoms with Crippen molar-refractivity contribution in [1.29, 1.82) is 0 Å². The maximum atomic E-state index is 12.9. The van der Waals surface area contributed by atoms with Crippen molar-refractivity contribution in [2.45, 2.75) is 13.0 Å². The molecule has 0 aliphatic rings. The summed E-state index contributed by atoms with van der Waals surface area (Å²) in [5.41, 5.74) is 1.35. The van der Waals surface area contributed by atoms with E-state index >= 15 is 0 Å². The van der Waals surface area contributed by atoms with Crippen LogP contribution in [0.5, 0.6) is 11.5 Å². The number of carbonyl (C=O) groups excluding carboxylic acids is 1. The van der Waals surface area contributed by atoms with Crippen LogP contribution in [0.4, 0.5) is 0 Å². The smallest absolute Gasteiger partial charge is 0.252 e. The zero-order valence-electron chi connectivity index (χ0n) is 15.9. The quantitative estimate of drug-likeness (QED) is 0.591. The Morgan fingerprint density at radius 1 is 1.04 bits per heavy atom. The van der Waals surface area contributed by atoms with Crippen LogP contribution in [0, 0.1) is 0 Å². The van der Waals surface area contributed by atoms with Crippen LogP contribution in [0.15, 0.2) is 77.4 Å². The van der Waals surface area contributed by atoms with Crippen LogP contribution in [0.2, 0.25) is 0 Å². The van der Waals surface area contributed by atoms with Gasteiger partial charge in [-0.15, -0.1) is 0 Å². The van der Waals surface area contributed by atoms with Gasteiger partial charge in [0.25, 0.3) is 5.91 Å². The Balaban J connectivity index is 1.65. The minimum Gasteiger partial charge on any atom is -0.497 e. The molecule has 0 spiro atoms. The summed E-state index contributed by atoms with van der Waals surface area (Å²) in [5, 5.41) is 2.99. The van der Waals surface area contributed by atoms with Crippen LogP contribution >= 0.6 is 0 Å². The molecule has 1 aromatic heterocycles. The van der Waals surface area contributed by atoms with E-state index in [1.54, 1.807) is 25.5 Å². The lowest BCUT2D eigenvalue weighted by Gasteiger charge is -2.16. The molecular formula is C23H23NO4. The molecule has 2 aromatic carbocycles. The number of ether oxygens (including phenoxy) is 2. The van der Waals surface area contributed by atoms with Crippen molar-refractivity contribution >= 4 is 17.6 Å². The lowest BCUT2D eigenvalue weighted by molar-refractivity contribution is -0.116. The molecule has 0 unspecified atom stereocenters. The summed E-state index contributed by atoms with van der Waals surface area (Å²) in [4.78, 5) is 12.9. The van der Waals surface area contributed by atoms with Crippen molar-refractivity contribution in [3.8, 4) is 11.5 Å². The first-order valence-electron chi connectivity index (χ1n) is 9.04. The van der Waals surface area contributed by atoms with E-state index < -0.39 is 0 Å². The second-order valence-electron chi connectivity index (χ2n) is 6.30. The minimum atomic E-state index is -0.187. The highest BCUT2D eigenvalue weighted by atomic mass is 16.5. The third-order valence-corrected chi connectivity index (χ3v) is 4.10. The van der Waals surface area contributed by atoms with Crippen LogP contribution in [0.25, 0.3) is 11.6 Å². The zero-order chi connectivity index (χ0) is 19.8. The van der Waals surface area contributed by atoms with Crippen molar-refractivity contribution in [2.75, 3.05) is 13.7 Å². The molecule has 28 heavy (non-hydrogen) atoms. The van der Waals surface area contributed by atoms with Gasteiger partial charge in [0.1, 0.15) is 23.9 Å². The lowest BCUT2D eigenvalue weighted by atomic mass is 10.0. The molecule has 1 atom stereocenters. The van der Waals surface area contributed by atoms with Crippen molar-refractivity contribution in [2.24, 2.45) is 0 Å². The van der Waals surface area contributed by atoms with Gasteiger partial charge in [0.05, 0.1) is 25.0 Å². The van der Waals surface area contributed by atoms with E-state index in [-0.39, 0.29) is 11.9 Å². The second-order valence-corrected chi connectivity index (χ2v) is 6.30. The molecular weight excluding hydrogens is 354 g/mol.